The summed E-state index contributed by atoms with van der Waals surface area (Å²) >= 11 is 0. The van der Waals surface area contributed by atoms with Gasteiger partial charge in [0.15, 0.2) is 0 Å². The highest BCUT2D eigenvalue weighted by Crippen LogP contribution is 2.25. The molecule has 0 atom stereocenters. The summed E-state index contributed by atoms with van der Waals surface area (Å²) in [4.78, 5) is 23.7. The molecule has 0 aliphatic carbocycles. The summed E-state index contributed by atoms with van der Waals surface area (Å²) in [5.41, 5.74) is 2.16. The van der Waals surface area contributed by atoms with E-state index in [0.29, 0.717) is 36.4 Å². The molecule has 0 saturated heterocycles. The Morgan fingerprint density at radius 1 is 1.06 bits per heavy atom. The van der Waals surface area contributed by atoms with Crippen molar-refractivity contribution in [2.45, 2.75) is 25.7 Å². The summed E-state index contributed by atoms with van der Waals surface area (Å²) in [7, 11) is -3.84. The number of anilines is 1. The van der Waals surface area contributed by atoms with Crippen molar-refractivity contribution in [1.82, 2.24) is 9.88 Å². The van der Waals surface area contributed by atoms with Gasteiger partial charge >= 0.3 is 0 Å². The molecule has 0 saturated carbocycles. The minimum atomic E-state index is -3.84. The number of carbonyl (C=O) groups excluding carboxylic acids is 1. The summed E-state index contributed by atoms with van der Waals surface area (Å²) in [5.74, 6) is -0.0874. The van der Waals surface area contributed by atoms with Crippen LogP contribution in [-0.2, 0) is 10.0 Å². The number of hydrogen-bond acceptors (Lipinski definition) is 5. The summed E-state index contributed by atoms with van der Waals surface area (Å²) in [6, 6.07) is 15.1. The highest BCUT2D eigenvalue weighted by molar-refractivity contribution is 7.93. The molecule has 7 nitrogen and oxygen atoms in total. The van der Waals surface area contributed by atoms with Crippen LogP contribution >= 0.6 is 0 Å². The molecule has 0 radical (unpaired) electrons. The van der Waals surface area contributed by atoms with E-state index in [4.69, 9.17) is 0 Å². The quantitative estimate of drug-likeness (QED) is 0.651. The lowest BCUT2D eigenvalue weighted by Crippen LogP contribution is -2.40. The minimum Gasteiger partial charge on any atom is -0.336 e. The van der Waals surface area contributed by atoms with Crippen LogP contribution in [0.5, 0.6) is 0 Å². The van der Waals surface area contributed by atoms with Gasteiger partial charge in [-0.05, 0) is 43.3 Å². The maximum atomic E-state index is 13.0. The Kier molecular flexibility index (Phi) is 5.73. The van der Waals surface area contributed by atoms with E-state index in [2.05, 4.69) is 28.5 Å². The molecule has 2 aromatic carbocycles. The highest BCUT2D eigenvalue weighted by Gasteiger charge is 2.30. The standard InChI is InChI=1S/C24H26N4O3S/c1-17-24(2,3)16-28(15-14-25-17)23(29)19-9-11-20(12-10-19)27-32(30,31)21-8-4-6-18-7-5-13-26-22(18)21/h4-13,27H,14-16H2,1-3H3. The largest absolute Gasteiger partial charge is 0.336 e. The Morgan fingerprint density at radius 3 is 2.53 bits per heavy atom. The number of benzene rings is 2. The average molecular weight is 451 g/mol. The second-order valence-corrected chi connectivity index (χ2v) is 10.2. The fourth-order valence-corrected chi connectivity index (χ4v) is 5.00. The first-order chi connectivity index (χ1) is 15.2. The van der Waals surface area contributed by atoms with Gasteiger partial charge in [-0.15, -0.1) is 0 Å². The third-order valence-corrected chi connectivity index (χ3v) is 7.25. The van der Waals surface area contributed by atoms with Crippen molar-refractivity contribution < 1.29 is 13.2 Å². The Labute approximate surface area is 188 Å². The van der Waals surface area contributed by atoms with E-state index in [0.717, 1.165) is 11.1 Å². The van der Waals surface area contributed by atoms with Crippen LogP contribution in [0.4, 0.5) is 5.69 Å². The Bertz CT molecular complexity index is 1290. The lowest BCUT2D eigenvalue weighted by Gasteiger charge is -2.30. The highest BCUT2D eigenvalue weighted by atomic mass is 32.2. The number of sulfonamides is 1. The average Bonchev–Trinajstić information content (AvgIpc) is 2.90. The van der Waals surface area contributed by atoms with Crippen molar-refractivity contribution >= 4 is 38.2 Å². The SMILES string of the molecule is CC1=NCCN(C(=O)c2ccc(NS(=O)(=O)c3cccc4cccnc34)cc2)CC1(C)C. The van der Waals surface area contributed by atoms with Gasteiger partial charge in [0, 0.05) is 47.1 Å². The first kappa shape index (κ1) is 22.0. The van der Waals surface area contributed by atoms with Crippen LogP contribution in [0.3, 0.4) is 0 Å². The molecule has 1 aliphatic rings. The summed E-state index contributed by atoms with van der Waals surface area (Å²) in [6.07, 6.45) is 1.57. The van der Waals surface area contributed by atoms with E-state index in [9.17, 15) is 13.2 Å². The molecule has 3 aromatic rings. The van der Waals surface area contributed by atoms with Crippen molar-refractivity contribution in [3.63, 3.8) is 0 Å². The normalized spacial score (nSPS) is 16.3. The van der Waals surface area contributed by atoms with Crippen LogP contribution in [0.2, 0.25) is 0 Å². The van der Waals surface area contributed by atoms with Crippen LogP contribution in [0, 0.1) is 5.41 Å². The molecule has 1 amide bonds. The fourth-order valence-electron chi connectivity index (χ4n) is 3.76. The lowest BCUT2D eigenvalue weighted by atomic mass is 9.87. The van der Waals surface area contributed by atoms with Crippen molar-refractivity contribution in [1.29, 1.82) is 0 Å². The molecular weight excluding hydrogens is 424 g/mol. The van der Waals surface area contributed by atoms with E-state index >= 15 is 0 Å². The molecule has 1 aromatic heterocycles. The van der Waals surface area contributed by atoms with Crippen molar-refractivity contribution in [3.05, 3.63) is 66.4 Å². The van der Waals surface area contributed by atoms with Crippen LogP contribution in [0.1, 0.15) is 31.1 Å². The van der Waals surface area contributed by atoms with Gasteiger partial charge in [-0.1, -0.05) is 32.0 Å². The Hall–Kier alpha value is -3.26. The third kappa shape index (κ3) is 4.36. The number of pyridine rings is 1. The summed E-state index contributed by atoms with van der Waals surface area (Å²) < 4.78 is 28.6. The van der Waals surface area contributed by atoms with Gasteiger partial charge in [-0.25, -0.2) is 8.42 Å². The number of nitrogens with zero attached hydrogens (tertiary/aromatic N) is 3. The molecular formula is C24H26N4O3S. The second kappa shape index (κ2) is 8.35. The van der Waals surface area contributed by atoms with Crippen LogP contribution in [0.15, 0.2) is 70.7 Å². The number of para-hydroxylation sites is 1. The monoisotopic (exact) mass is 450 g/mol. The first-order valence-corrected chi connectivity index (χ1v) is 11.9. The van der Waals surface area contributed by atoms with Gasteiger partial charge < -0.3 is 4.90 Å². The second-order valence-electron chi connectivity index (χ2n) is 8.59. The Balaban J connectivity index is 1.53. The van der Waals surface area contributed by atoms with Gasteiger partial charge in [0.25, 0.3) is 15.9 Å². The fraction of sp³-hybridized carbons (Fsp3) is 0.292. The smallest absolute Gasteiger partial charge is 0.264 e. The van der Waals surface area contributed by atoms with Gasteiger partial charge in [-0.2, -0.15) is 0 Å². The zero-order valence-electron chi connectivity index (χ0n) is 18.4. The van der Waals surface area contributed by atoms with Crippen LogP contribution < -0.4 is 4.72 Å². The third-order valence-electron chi connectivity index (χ3n) is 5.84. The maximum Gasteiger partial charge on any atom is 0.264 e. The van der Waals surface area contributed by atoms with E-state index in [1.54, 1.807) is 47.5 Å². The zero-order chi connectivity index (χ0) is 22.9. The molecule has 0 spiro atoms. The number of fused-ring (bicyclic) bond motifs is 1. The van der Waals surface area contributed by atoms with Crippen molar-refractivity contribution in [2.24, 2.45) is 10.4 Å². The molecule has 0 fully saturated rings. The molecule has 0 unspecified atom stereocenters. The Morgan fingerprint density at radius 2 is 1.78 bits per heavy atom. The number of hydrogen-bond donors (Lipinski definition) is 1. The lowest BCUT2D eigenvalue weighted by molar-refractivity contribution is 0.0730. The van der Waals surface area contributed by atoms with Crippen LogP contribution in [-0.4, -0.2) is 49.6 Å². The topological polar surface area (TPSA) is 91.7 Å². The number of aromatic nitrogens is 1. The minimum absolute atomic E-state index is 0.0874. The van der Waals surface area contributed by atoms with E-state index in [-0.39, 0.29) is 16.2 Å². The number of nitrogens with one attached hydrogen (secondary N) is 1. The van der Waals surface area contributed by atoms with Crippen molar-refractivity contribution in [2.75, 3.05) is 24.4 Å². The molecule has 32 heavy (non-hydrogen) atoms. The number of carbonyl (C=O) groups is 1. The number of amides is 1. The van der Waals surface area contributed by atoms with Gasteiger partial charge in [-0.3, -0.25) is 19.5 Å². The van der Waals surface area contributed by atoms with E-state index in [1.807, 2.05) is 19.1 Å². The number of aliphatic imine (C=N–C) groups is 1. The van der Waals surface area contributed by atoms with E-state index in [1.165, 1.54) is 6.07 Å². The van der Waals surface area contributed by atoms with Crippen LogP contribution in [0.25, 0.3) is 10.9 Å². The molecule has 0 bridgehead atoms. The maximum absolute atomic E-state index is 13.0. The predicted molar refractivity (Wildman–Crippen MR) is 127 cm³/mol. The molecule has 1 N–H and O–H groups in total. The molecule has 8 heteroatoms. The molecule has 166 valence electrons. The molecule has 1 aliphatic heterocycles. The summed E-state index contributed by atoms with van der Waals surface area (Å²) in [6.45, 7) is 7.89. The van der Waals surface area contributed by atoms with E-state index < -0.39 is 10.0 Å². The summed E-state index contributed by atoms with van der Waals surface area (Å²) in [5, 5.41) is 0.746. The molecule has 4 rings (SSSR count). The first-order valence-electron chi connectivity index (χ1n) is 10.4. The van der Waals surface area contributed by atoms with Gasteiger partial charge in [0.2, 0.25) is 0 Å². The van der Waals surface area contributed by atoms with Crippen molar-refractivity contribution in [3.8, 4) is 0 Å². The van der Waals surface area contributed by atoms with Gasteiger partial charge in [0.1, 0.15) is 4.90 Å². The predicted octanol–water partition coefficient (Wildman–Crippen LogP) is 3.98. The number of rotatable bonds is 4. The molecule has 2 heterocycles. The zero-order valence-corrected chi connectivity index (χ0v) is 19.2. The van der Waals surface area contributed by atoms with Gasteiger partial charge in [0.05, 0.1) is 12.1 Å².